The first-order chi connectivity index (χ1) is 10.7. The number of nitrogens with two attached hydrogens (primary N) is 1. The molecule has 6 heteroatoms. The van der Waals surface area contributed by atoms with E-state index in [-0.39, 0.29) is 18.3 Å². The number of piperidine rings is 1. The second-order valence-electron chi connectivity index (χ2n) is 5.68. The minimum absolute atomic E-state index is 0. The molecular formula is C17H26BrClN2O2. The number of carbonyl (C=O) groups is 1. The lowest BCUT2D eigenvalue weighted by Gasteiger charge is -2.32. The van der Waals surface area contributed by atoms with Crippen molar-refractivity contribution in [2.75, 3.05) is 26.2 Å². The maximum absolute atomic E-state index is 12.3. The van der Waals surface area contributed by atoms with Crippen LogP contribution in [0.25, 0.3) is 0 Å². The van der Waals surface area contributed by atoms with E-state index >= 15 is 0 Å². The van der Waals surface area contributed by atoms with Crippen LogP contribution in [-0.2, 0) is 16.0 Å². The van der Waals surface area contributed by atoms with Gasteiger partial charge in [0.25, 0.3) is 0 Å². The van der Waals surface area contributed by atoms with E-state index in [4.69, 9.17) is 10.5 Å². The largest absolute Gasteiger partial charge is 0.378 e. The zero-order valence-corrected chi connectivity index (χ0v) is 15.8. The summed E-state index contributed by atoms with van der Waals surface area (Å²) in [5, 5.41) is 0. The van der Waals surface area contributed by atoms with Crippen molar-refractivity contribution >= 4 is 34.2 Å². The lowest BCUT2D eigenvalue weighted by atomic mass is 10.1. The van der Waals surface area contributed by atoms with Gasteiger partial charge in [-0.25, -0.2) is 0 Å². The van der Waals surface area contributed by atoms with E-state index < -0.39 is 0 Å². The fourth-order valence-corrected chi connectivity index (χ4v) is 3.19. The molecule has 1 aromatic rings. The summed E-state index contributed by atoms with van der Waals surface area (Å²) in [6.45, 7) is 3.02. The molecule has 1 heterocycles. The number of benzene rings is 1. The van der Waals surface area contributed by atoms with Crippen molar-refractivity contribution in [1.29, 1.82) is 0 Å². The van der Waals surface area contributed by atoms with Crippen molar-refractivity contribution in [3.05, 3.63) is 34.3 Å². The number of hydrogen-bond donors (Lipinski definition) is 1. The predicted molar refractivity (Wildman–Crippen MR) is 98.9 cm³/mol. The van der Waals surface area contributed by atoms with Gasteiger partial charge >= 0.3 is 0 Å². The number of amides is 1. The Labute approximate surface area is 153 Å². The molecule has 1 amide bonds. The monoisotopic (exact) mass is 404 g/mol. The summed E-state index contributed by atoms with van der Waals surface area (Å²) in [7, 11) is 0. The van der Waals surface area contributed by atoms with Gasteiger partial charge in [0.2, 0.25) is 5.91 Å². The van der Waals surface area contributed by atoms with E-state index in [0.717, 1.165) is 49.9 Å². The van der Waals surface area contributed by atoms with Crippen molar-refractivity contribution in [3.63, 3.8) is 0 Å². The van der Waals surface area contributed by atoms with Gasteiger partial charge in [0.1, 0.15) is 0 Å². The molecule has 2 rings (SSSR count). The number of halogens is 2. The van der Waals surface area contributed by atoms with Crippen LogP contribution in [0.4, 0.5) is 0 Å². The van der Waals surface area contributed by atoms with Crippen LogP contribution in [0.5, 0.6) is 0 Å². The van der Waals surface area contributed by atoms with Gasteiger partial charge < -0.3 is 15.4 Å². The van der Waals surface area contributed by atoms with Crippen molar-refractivity contribution in [2.24, 2.45) is 5.73 Å². The van der Waals surface area contributed by atoms with Gasteiger partial charge in [0, 0.05) is 30.6 Å². The molecule has 0 bridgehead atoms. The third kappa shape index (κ3) is 6.79. The number of ether oxygens (including phenoxy) is 1. The fourth-order valence-electron chi connectivity index (χ4n) is 2.71. The highest BCUT2D eigenvalue weighted by atomic mass is 79.9. The number of likely N-dealkylation sites (tertiary alicyclic amines) is 1. The Kier molecular flexibility index (Phi) is 9.79. The van der Waals surface area contributed by atoms with Gasteiger partial charge in [-0.3, -0.25) is 4.79 Å². The zero-order chi connectivity index (χ0) is 15.8. The molecule has 1 fully saturated rings. The average molecular weight is 406 g/mol. The van der Waals surface area contributed by atoms with Gasteiger partial charge in [-0.1, -0.05) is 34.1 Å². The average Bonchev–Trinajstić information content (AvgIpc) is 2.55. The third-order valence-electron chi connectivity index (χ3n) is 4.06. The summed E-state index contributed by atoms with van der Waals surface area (Å²) in [6.07, 6.45) is 4.43. The molecule has 0 aromatic heterocycles. The lowest BCUT2D eigenvalue weighted by molar-refractivity contribution is -0.133. The molecule has 1 saturated heterocycles. The predicted octanol–water partition coefficient (Wildman–Crippen LogP) is 3.16. The Bertz CT molecular complexity index is 479. The Hall–Kier alpha value is -0.620. The molecule has 0 unspecified atom stereocenters. The Balaban J connectivity index is 0.00000264. The lowest BCUT2D eigenvalue weighted by Crippen LogP contribution is -2.41. The van der Waals surface area contributed by atoms with Gasteiger partial charge in [-0.2, -0.15) is 0 Å². The first-order valence-corrected chi connectivity index (χ1v) is 8.83. The van der Waals surface area contributed by atoms with Crippen molar-refractivity contribution in [2.45, 2.75) is 38.2 Å². The van der Waals surface area contributed by atoms with Crippen molar-refractivity contribution in [3.8, 4) is 0 Å². The van der Waals surface area contributed by atoms with Gasteiger partial charge in [0.05, 0.1) is 6.10 Å². The molecule has 0 atom stereocenters. The Morgan fingerprint density at radius 3 is 2.65 bits per heavy atom. The second-order valence-corrected chi connectivity index (χ2v) is 6.54. The molecule has 23 heavy (non-hydrogen) atoms. The number of carbonyl (C=O) groups excluding carboxylic acids is 1. The summed E-state index contributed by atoms with van der Waals surface area (Å²) >= 11 is 3.53. The Morgan fingerprint density at radius 1 is 1.30 bits per heavy atom. The summed E-state index contributed by atoms with van der Waals surface area (Å²) in [5.41, 5.74) is 6.65. The van der Waals surface area contributed by atoms with Gasteiger partial charge in [-0.05, 0) is 43.9 Å². The molecule has 1 aliphatic rings. The van der Waals surface area contributed by atoms with E-state index in [1.54, 1.807) is 0 Å². The highest BCUT2D eigenvalue weighted by Gasteiger charge is 2.22. The van der Waals surface area contributed by atoms with Gasteiger partial charge in [0.15, 0.2) is 0 Å². The van der Waals surface area contributed by atoms with Crippen LogP contribution in [0.2, 0.25) is 0 Å². The van der Waals surface area contributed by atoms with Crippen LogP contribution in [0.3, 0.4) is 0 Å². The minimum Gasteiger partial charge on any atom is -0.378 e. The maximum Gasteiger partial charge on any atom is 0.222 e. The van der Waals surface area contributed by atoms with E-state index in [2.05, 4.69) is 22.0 Å². The summed E-state index contributed by atoms with van der Waals surface area (Å²) in [4.78, 5) is 14.3. The molecule has 0 aliphatic carbocycles. The number of hydrogen-bond acceptors (Lipinski definition) is 3. The molecule has 0 spiro atoms. The smallest absolute Gasteiger partial charge is 0.222 e. The molecule has 130 valence electrons. The van der Waals surface area contributed by atoms with Crippen LogP contribution in [0, 0.1) is 0 Å². The molecule has 2 N–H and O–H groups in total. The SMILES string of the molecule is Cl.NCCCOC1CCN(C(=O)CCc2ccccc2Br)CC1. The highest BCUT2D eigenvalue weighted by molar-refractivity contribution is 9.10. The second kappa shape index (κ2) is 11.0. The summed E-state index contributed by atoms with van der Waals surface area (Å²) < 4.78 is 6.85. The highest BCUT2D eigenvalue weighted by Crippen LogP contribution is 2.19. The number of aryl methyl sites for hydroxylation is 1. The molecular weight excluding hydrogens is 380 g/mol. The fraction of sp³-hybridized carbons (Fsp3) is 0.588. The van der Waals surface area contributed by atoms with Crippen LogP contribution in [-0.4, -0.2) is 43.2 Å². The first-order valence-electron chi connectivity index (χ1n) is 8.03. The van der Waals surface area contributed by atoms with Gasteiger partial charge in [-0.15, -0.1) is 12.4 Å². The topological polar surface area (TPSA) is 55.6 Å². The molecule has 0 saturated carbocycles. The first kappa shape index (κ1) is 20.4. The van der Waals surface area contributed by atoms with Crippen LogP contribution in [0.15, 0.2) is 28.7 Å². The van der Waals surface area contributed by atoms with E-state index in [0.29, 0.717) is 19.1 Å². The van der Waals surface area contributed by atoms with E-state index in [1.807, 2.05) is 23.1 Å². The minimum atomic E-state index is 0. The molecule has 1 aromatic carbocycles. The summed E-state index contributed by atoms with van der Waals surface area (Å²) in [5.74, 6) is 0.246. The normalized spacial score (nSPS) is 15.3. The maximum atomic E-state index is 12.3. The van der Waals surface area contributed by atoms with Crippen LogP contribution >= 0.6 is 28.3 Å². The zero-order valence-electron chi connectivity index (χ0n) is 13.4. The van der Waals surface area contributed by atoms with Crippen LogP contribution in [0.1, 0.15) is 31.2 Å². The molecule has 0 radical (unpaired) electrons. The quantitative estimate of drug-likeness (QED) is 0.709. The summed E-state index contributed by atoms with van der Waals surface area (Å²) in [6, 6.07) is 8.08. The molecule has 4 nitrogen and oxygen atoms in total. The third-order valence-corrected chi connectivity index (χ3v) is 4.84. The number of nitrogens with zero attached hydrogens (tertiary/aromatic N) is 1. The van der Waals surface area contributed by atoms with Crippen molar-refractivity contribution < 1.29 is 9.53 Å². The van der Waals surface area contributed by atoms with Crippen LogP contribution < -0.4 is 5.73 Å². The molecule has 1 aliphatic heterocycles. The standard InChI is InChI=1S/C17H25BrN2O2.ClH/c18-16-5-2-1-4-14(16)6-7-17(21)20-11-8-15(9-12-20)22-13-3-10-19;/h1-2,4-5,15H,3,6-13,19H2;1H. The van der Waals surface area contributed by atoms with E-state index in [1.165, 1.54) is 5.56 Å². The Morgan fingerprint density at radius 2 is 2.00 bits per heavy atom. The van der Waals surface area contributed by atoms with Crippen molar-refractivity contribution in [1.82, 2.24) is 4.90 Å². The van der Waals surface area contributed by atoms with E-state index in [9.17, 15) is 4.79 Å². The number of rotatable bonds is 7.